The molecule has 0 aromatic heterocycles. The second-order valence-electron chi connectivity index (χ2n) is 14.3. The maximum Gasteiger partial charge on any atom is 1.00 e. The van der Waals surface area contributed by atoms with Crippen LogP contribution >= 0.6 is 0 Å². The fraction of sp³-hybridized carbons (Fsp3) is 0.857. The number of benzene rings is 1. The van der Waals surface area contributed by atoms with Crippen LogP contribution in [0.1, 0.15) is 213 Å². The molecular weight excluding hydrogens is 765 g/mol. The van der Waals surface area contributed by atoms with E-state index in [9.17, 15) is 13.0 Å². The minimum absolute atomic E-state index is 0. The molecular formula is C42H77CsO6S. The Labute approximate surface area is 369 Å². The van der Waals surface area contributed by atoms with Crippen molar-refractivity contribution in [1.82, 2.24) is 0 Å². The summed E-state index contributed by atoms with van der Waals surface area (Å²) in [5.41, 5.74) is 0. The Hall–Kier alpha value is 0.582. The molecule has 0 saturated heterocycles. The van der Waals surface area contributed by atoms with Gasteiger partial charge in [-0.05, 0) is 31.4 Å². The Kier molecular flexibility index (Phi) is 37.0. The summed E-state index contributed by atoms with van der Waals surface area (Å²) in [5, 5.41) is 0. The fourth-order valence-corrected chi connectivity index (χ4v) is 7.02. The number of hydrogen-bond donors (Lipinski definition) is 0. The van der Waals surface area contributed by atoms with Gasteiger partial charge in [-0.25, -0.2) is 8.42 Å². The van der Waals surface area contributed by atoms with Crippen LogP contribution in [0.25, 0.3) is 0 Å². The van der Waals surface area contributed by atoms with E-state index in [2.05, 4.69) is 20.8 Å². The standard InChI is InChI=1S/C42H78O6S.Cs/c1-4-7-10-13-16-19-22-25-28-31-36-46-39-34-35-40(49(43,44)45)42(48-38-33-30-27-24-21-18-15-12-9-6-3)41(39)47-37-32-29-26-23-20-17-14-11-8-5-2;/h34-35H,4-33,36-38H2,1-3H3,(H,43,44,45);/q;+1/p-1. The molecule has 8 heteroatoms. The molecule has 0 fully saturated rings. The number of rotatable bonds is 37. The van der Waals surface area contributed by atoms with Gasteiger partial charge in [0.2, 0.25) is 5.75 Å². The Balaban J connectivity index is 0.0000240. The topological polar surface area (TPSA) is 84.9 Å². The van der Waals surface area contributed by atoms with E-state index in [1.807, 2.05) is 0 Å². The average Bonchev–Trinajstić information content (AvgIpc) is 3.08. The first-order valence-corrected chi connectivity index (χ1v) is 22.4. The minimum atomic E-state index is -4.75. The zero-order chi connectivity index (χ0) is 35.7. The van der Waals surface area contributed by atoms with Gasteiger partial charge in [-0.15, -0.1) is 0 Å². The van der Waals surface area contributed by atoms with Crippen LogP contribution < -0.4 is 83.1 Å². The molecule has 288 valence electrons. The van der Waals surface area contributed by atoms with Gasteiger partial charge >= 0.3 is 68.9 Å². The molecule has 0 atom stereocenters. The maximum absolute atomic E-state index is 12.3. The van der Waals surface area contributed by atoms with Crippen LogP contribution in [0.2, 0.25) is 0 Å². The maximum atomic E-state index is 12.3. The van der Waals surface area contributed by atoms with Gasteiger partial charge in [-0.1, -0.05) is 194 Å². The summed E-state index contributed by atoms with van der Waals surface area (Å²) in [7, 11) is -4.75. The van der Waals surface area contributed by atoms with E-state index >= 15 is 0 Å². The van der Waals surface area contributed by atoms with E-state index in [4.69, 9.17) is 14.2 Å². The van der Waals surface area contributed by atoms with E-state index in [1.54, 1.807) is 6.07 Å². The molecule has 0 heterocycles. The second-order valence-corrected chi connectivity index (χ2v) is 15.6. The summed E-state index contributed by atoms with van der Waals surface area (Å²) in [6.07, 6.45) is 36.6. The van der Waals surface area contributed by atoms with E-state index in [-0.39, 0.29) is 85.3 Å². The van der Waals surface area contributed by atoms with Gasteiger partial charge in [0.25, 0.3) is 0 Å². The van der Waals surface area contributed by atoms with Crippen molar-refractivity contribution < 1.29 is 96.1 Å². The van der Waals surface area contributed by atoms with Gasteiger partial charge in [-0.3, -0.25) is 0 Å². The van der Waals surface area contributed by atoms with Crippen molar-refractivity contribution in [1.29, 1.82) is 0 Å². The molecule has 0 aliphatic rings. The Morgan fingerprint density at radius 3 is 1.02 bits per heavy atom. The monoisotopic (exact) mass is 842 g/mol. The van der Waals surface area contributed by atoms with Crippen molar-refractivity contribution in [2.24, 2.45) is 0 Å². The SMILES string of the molecule is CCCCCCCCCCCCOc1ccc(S(=O)(=O)[O-])c(OCCCCCCCCCCCC)c1OCCCCCCCCCCCC.[Cs+]. The predicted molar refractivity (Wildman–Crippen MR) is 206 cm³/mol. The molecule has 0 amide bonds. The van der Waals surface area contributed by atoms with Crippen molar-refractivity contribution >= 4 is 10.1 Å². The molecule has 0 bridgehead atoms. The largest absolute Gasteiger partial charge is 1.00 e. The van der Waals surface area contributed by atoms with Crippen LogP contribution in [0.4, 0.5) is 0 Å². The fourth-order valence-electron chi connectivity index (χ4n) is 6.41. The van der Waals surface area contributed by atoms with Crippen molar-refractivity contribution in [3.8, 4) is 17.2 Å². The first-order chi connectivity index (χ1) is 24.0. The molecule has 0 N–H and O–H groups in total. The van der Waals surface area contributed by atoms with E-state index in [0.717, 1.165) is 51.4 Å². The normalized spacial score (nSPS) is 11.4. The molecule has 1 rings (SSSR count). The molecule has 1 aromatic carbocycles. The summed E-state index contributed by atoms with van der Waals surface area (Å²) in [5.74, 6) is 0.763. The predicted octanol–water partition coefficient (Wildman–Crippen LogP) is 10.5. The van der Waals surface area contributed by atoms with Gasteiger partial charge in [-0.2, -0.15) is 0 Å². The number of unbranched alkanes of at least 4 members (excludes halogenated alkanes) is 27. The first kappa shape index (κ1) is 50.6. The summed E-state index contributed by atoms with van der Waals surface area (Å²) in [6, 6.07) is 2.90. The van der Waals surface area contributed by atoms with Gasteiger partial charge in [0.15, 0.2) is 11.5 Å². The van der Waals surface area contributed by atoms with Crippen LogP contribution in [-0.4, -0.2) is 32.8 Å². The Bertz CT molecular complexity index is 987. The van der Waals surface area contributed by atoms with Crippen molar-refractivity contribution in [3.63, 3.8) is 0 Å². The number of hydrogen-bond acceptors (Lipinski definition) is 6. The number of ether oxygens (including phenoxy) is 3. The third kappa shape index (κ3) is 28.1. The van der Waals surface area contributed by atoms with Crippen LogP contribution in [0.3, 0.4) is 0 Å². The summed E-state index contributed by atoms with van der Waals surface area (Å²) < 4.78 is 55.4. The summed E-state index contributed by atoms with van der Waals surface area (Å²) in [6.45, 7) is 8.04. The van der Waals surface area contributed by atoms with Gasteiger partial charge in [0.1, 0.15) is 15.0 Å². The van der Waals surface area contributed by atoms with Crippen LogP contribution in [0, 0.1) is 0 Å². The van der Waals surface area contributed by atoms with Crippen LogP contribution in [-0.2, 0) is 10.1 Å². The van der Waals surface area contributed by atoms with Crippen LogP contribution in [0.15, 0.2) is 17.0 Å². The summed E-state index contributed by atoms with van der Waals surface area (Å²) >= 11 is 0. The molecule has 0 radical (unpaired) electrons. The van der Waals surface area contributed by atoms with Crippen molar-refractivity contribution in [3.05, 3.63) is 12.1 Å². The second kappa shape index (κ2) is 36.6. The third-order valence-electron chi connectivity index (χ3n) is 9.55. The molecule has 1 aromatic rings. The first-order valence-electron chi connectivity index (χ1n) is 21.0. The zero-order valence-corrected chi connectivity index (χ0v) is 40.4. The van der Waals surface area contributed by atoms with Crippen LogP contribution in [0.5, 0.6) is 17.2 Å². The Morgan fingerprint density at radius 1 is 0.420 bits per heavy atom. The third-order valence-corrected chi connectivity index (χ3v) is 10.4. The smallest absolute Gasteiger partial charge is 0.744 e. The molecule has 6 nitrogen and oxygen atoms in total. The summed E-state index contributed by atoms with van der Waals surface area (Å²) in [4.78, 5) is -0.357. The van der Waals surface area contributed by atoms with Gasteiger partial charge < -0.3 is 18.8 Å². The van der Waals surface area contributed by atoms with E-state index in [0.29, 0.717) is 25.6 Å². The quantitative estimate of drug-likeness (QED) is 0.0490. The molecule has 0 unspecified atom stereocenters. The molecule has 0 spiro atoms. The Morgan fingerprint density at radius 2 is 0.700 bits per heavy atom. The van der Waals surface area contributed by atoms with Crippen molar-refractivity contribution in [2.75, 3.05) is 19.8 Å². The average molecular weight is 843 g/mol. The molecule has 0 aliphatic heterocycles. The van der Waals surface area contributed by atoms with Gasteiger partial charge in [0.05, 0.1) is 19.8 Å². The minimum Gasteiger partial charge on any atom is -0.744 e. The van der Waals surface area contributed by atoms with Gasteiger partial charge in [0, 0.05) is 0 Å². The molecule has 0 aliphatic carbocycles. The van der Waals surface area contributed by atoms with E-state index < -0.39 is 10.1 Å². The molecule has 50 heavy (non-hydrogen) atoms. The molecule has 0 saturated carbocycles. The van der Waals surface area contributed by atoms with E-state index in [1.165, 1.54) is 147 Å². The zero-order valence-electron chi connectivity index (χ0n) is 33.3. The van der Waals surface area contributed by atoms with Crippen molar-refractivity contribution in [2.45, 2.75) is 218 Å².